The van der Waals surface area contributed by atoms with E-state index in [-0.39, 0.29) is 23.8 Å². The van der Waals surface area contributed by atoms with Crippen LogP contribution in [-0.2, 0) is 6.18 Å². The summed E-state index contributed by atoms with van der Waals surface area (Å²) in [4.78, 5) is 14.6. The highest BCUT2D eigenvalue weighted by Gasteiger charge is 2.46. The first-order valence-electron chi connectivity index (χ1n) is 9.32. The second-order valence-electron chi connectivity index (χ2n) is 7.81. The van der Waals surface area contributed by atoms with Gasteiger partial charge in [-0.05, 0) is 55.9 Å². The summed E-state index contributed by atoms with van der Waals surface area (Å²) in [5.41, 5.74) is 1.06. The highest BCUT2D eigenvalue weighted by molar-refractivity contribution is 5.91. The van der Waals surface area contributed by atoms with Crippen molar-refractivity contribution < 1.29 is 18.0 Å². The Morgan fingerprint density at radius 2 is 1.89 bits per heavy atom. The average Bonchev–Trinajstić information content (AvgIpc) is 2.62. The van der Waals surface area contributed by atoms with Crippen LogP contribution in [0.5, 0.6) is 0 Å². The maximum absolute atomic E-state index is 13.0. The van der Waals surface area contributed by atoms with Crippen LogP contribution in [0.3, 0.4) is 0 Å². The van der Waals surface area contributed by atoms with Gasteiger partial charge in [0, 0.05) is 23.3 Å². The zero-order valence-electron chi connectivity index (χ0n) is 15.6. The number of fused-ring (bicyclic) bond motifs is 2. The number of aryl methyl sites for hydroxylation is 1. The van der Waals surface area contributed by atoms with E-state index in [1.165, 1.54) is 0 Å². The number of hydrogen-bond donors (Lipinski definition) is 1. The van der Waals surface area contributed by atoms with Gasteiger partial charge in [-0.2, -0.15) is 23.4 Å². The fourth-order valence-electron chi connectivity index (χ4n) is 4.29. The third kappa shape index (κ3) is 3.43. The minimum atomic E-state index is -4.49. The van der Waals surface area contributed by atoms with Gasteiger partial charge in [-0.3, -0.25) is 0 Å². The van der Waals surface area contributed by atoms with Crippen molar-refractivity contribution in [1.82, 2.24) is 15.1 Å². The summed E-state index contributed by atoms with van der Waals surface area (Å²) >= 11 is 0. The molecular formula is C20H21F3N4O. The van der Waals surface area contributed by atoms with Crippen molar-refractivity contribution in [1.29, 1.82) is 0 Å². The number of aromatic nitrogens is 2. The van der Waals surface area contributed by atoms with Crippen LogP contribution < -0.4 is 5.32 Å². The molecule has 5 nitrogen and oxygen atoms in total. The molecule has 0 aliphatic carbocycles. The summed E-state index contributed by atoms with van der Waals surface area (Å²) in [6.07, 6.45) is -0.701. The van der Waals surface area contributed by atoms with Crippen LogP contribution in [0.25, 0.3) is 11.3 Å². The molecule has 3 heterocycles. The fourth-order valence-corrected chi connectivity index (χ4v) is 4.29. The van der Waals surface area contributed by atoms with Crippen LogP contribution in [0.4, 0.5) is 23.7 Å². The van der Waals surface area contributed by atoms with Crippen molar-refractivity contribution in [2.45, 2.75) is 51.4 Å². The maximum Gasteiger partial charge on any atom is 0.418 e. The summed E-state index contributed by atoms with van der Waals surface area (Å²) < 4.78 is 38.9. The lowest BCUT2D eigenvalue weighted by Gasteiger charge is -2.54. The van der Waals surface area contributed by atoms with E-state index in [9.17, 15) is 18.0 Å². The van der Waals surface area contributed by atoms with Crippen molar-refractivity contribution in [3.63, 3.8) is 0 Å². The number of benzene rings is 1. The van der Waals surface area contributed by atoms with Crippen molar-refractivity contribution in [2.24, 2.45) is 5.92 Å². The number of nitrogens with zero attached hydrogens (tertiary/aromatic N) is 3. The topological polar surface area (TPSA) is 58.1 Å². The largest absolute Gasteiger partial charge is 0.418 e. The number of rotatable bonds is 2. The number of piperidine rings is 1. The molecule has 0 radical (unpaired) electrons. The van der Waals surface area contributed by atoms with Gasteiger partial charge in [0.05, 0.1) is 17.5 Å². The molecule has 28 heavy (non-hydrogen) atoms. The molecule has 2 aliphatic rings. The number of halogens is 3. The van der Waals surface area contributed by atoms with Crippen molar-refractivity contribution >= 4 is 11.7 Å². The van der Waals surface area contributed by atoms with E-state index in [1.54, 1.807) is 25.1 Å². The second-order valence-corrected chi connectivity index (χ2v) is 7.81. The van der Waals surface area contributed by atoms with Gasteiger partial charge >= 0.3 is 12.2 Å². The van der Waals surface area contributed by atoms with Gasteiger partial charge < -0.3 is 10.2 Å². The summed E-state index contributed by atoms with van der Waals surface area (Å²) in [5.74, 6) is 0.637. The SMILES string of the molecule is Cc1ccc(NC(=O)N2C3CC(C)C[C@@H]2C3)cc1-c1cc(C(F)(F)F)cnn1. The van der Waals surface area contributed by atoms with E-state index in [0.29, 0.717) is 23.4 Å². The van der Waals surface area contributed by atoms with Crippen LogP contribution in [-0.4, -0.2) is 33.2 Å². The molecule has 1 N–H and O–H groups in total. The van der Waals surface area contributed by atoms with E-state index in [0.717, 1.165) is 30.9 Å². The number of carbonyl (C=O) groups is 1. The molecule has 4 rings (SSSR count). The van der Waals surface area contributed by atoms with Crippen LogP contribution in [0.2, 0.25) is 0 Å². The lowest BCUT2D eigenvalue weighted by Crippen LogP contribution is -2.63. The third-order valence-corrected chi connectivity index (χ3v) is 5.66. The Hall–Kier alpha value is -2.64. The summed E-state index contributed by atoms with van der Waals surface area (Å²) in [5, 5.41) is 10.2. The van der Waals surface area contributed by atoms with E-state index in [1.807, 2.05) is 4.90 Å². The van der Waals surface area contributed by atoms with E-state index >= 15 is 0 Å². The highest BCUT2D eigenvalue weighted by Crippen LogP contribution is 2.41. The first-order chi connectivity index (χ1) is 13.2. The molecule has 2 fully saturated rings. The summed E-state index contributed by atoms with van der Waals surface area (Å²) in [7, 11) is 0. The first kappa shape index (κ1) is 18.7. The monoisotopic (exact) mass is 390 g/mol. The molecular weight excluding hydrogens is 369 g/mol. The minimum absolute atomic E-state index is 0.123. The molecule has 0 spiro atoms. The molecule has 8 heteroatoms. The average molecular weight is 390 g/mol. The van der Waals surface area contributed by atoms with Gasteiger partial charge in [-0.1, -0.05) is 13.0 Å². The molecule has 2 bridgehead atoms. The Bertz CT molecular complexity index is 903. The molecule has 2 unspecified atom stereocenters. The number of amides is 2. The number of carbonyl (C=O) groups excluding carboxylic acids is 1. The predicted octanol–water partition coefficient (Wildman–Crippen LogP) is 4.88. The zero-order chi connectivity index (χ0) is 20.1. The lowest BCUT2D eigenvalue weighted by molar-refractivity contribution is -0.137. The van der Waals surface area contributed by atoms with Gasteiger partial charge in [0.15, 0.2) is 0 Å². The van der Waals surface area contributed by atoms with Gasteiger partial charge in [-0.25, -0.2) is 4.79 Å². The standard InChI is InChI=1S/C20H21F3N4O/c1-11-5-15-9-16(6-11)27(15)19(28)25-14-4-3-12(2)17(8-14)18-7-13(10-24-26-18)20(21,22)23/h3-4,7-8,10-11,15-16H,5-6,9H2,1-2H3,(H,25,28)/t11?,15-,16?/m1/s1. The van der Waals surface area contributed by atoms with Crippen molar-refractivity contribution in [3.05, 3.63) is 41.6 Å². The van der Waals surface area contributed by atoms with Crippen molar-refractivity contribution in [2.75, 3.05) is 5.32 Å². The van der Waals surface area contributed by atoms with Crippen LogP contribution in [0, 0.1) is 12.8 Å². The van der Waals surface area contributed by atoms with Gasteiger partial charge in [0.25, 0.3) is 0 Å². The van der Waals surface area contributed by atoms with E-state index < -0.39 is 11.7 Å². The zero-order valence-corrected chi connectivity index (χ0v) is 15.6. The highest BCUT2D eigenvalue weighted by atomic mass is 19.4. The smallest absolute Gasteiger partial charge is 0.318 e. The van der Waals surface area contributed by atoms with Gasteiger partial charge in [0.2, 0.25) is 0 Å². The first-order valence-corrected chi connectivity index (χ1v) is 9.32. The maximum atomic E-state index is 13.0. The Morgan fingerprint density at radius 1 is 1.18 bits per heavy atom. The Balaban J connectivity index is 1.56. The van der Waals surface area contributed by atoms with Gasteiger partial charge in [-0.15, -0.1) is 0 Å². The predicted molar refractivity (Wildman–Crippen MR) is 98.7 cm³/mol. The molecule has 148 valence electrons. The second kappa shape index (κ2) is 6.76. The molecule has 2 amide bonds. The molecule has 2 saturated heterocycles. The summed E-state index contributed by atoms with van der Waals surface area (Å²) in [6.45, 7) is 3.99. The number of alkyl halides is 3. The summed E-state index contributed by atoms with van der Waals surface area (Å²) in [6, 6.07) is 6.54. The molecule has 3 atom stereocenters. The van der Waals surface area contributed by atoms with Crippen LogP contribution in [0.1, 0.15) is 37.3 Å². The Morgan fingerprint density at radius 3 is 2.57 bits per heavy atom. The number of urea groups is 1. The van der Waals surface area contributed by atoms with Crippen LogP contribution >= 0.6 is 0 Å². The van der Waals surface area contributed by atoms with E-state index in [4.69, 9.17) is 0 Å². The molecule has 0 saturated carbocycles. The molecule has 1 aromatic carbocycles. The molecule has 2 aliphatic heterocycles. The van der Waals surface area contributed by atoms with E-state index in [2.05, 4.69) is 22.4 Å². The van der Waals surface area contributed by atoms with Crippen LogP contribution in [0.15, 0.2) is 30.5 Å². The third-order valence-electron chi connectivity index (χ3n) is 5.66. The number of anilines is 1. The minimum Gasteiger partial charge on any atom is -0.318 e. The molecule has 2 aromatic rings. The number of hydrogen-bond acceptors (Lipinski definition) is 3. The number of nitrogens with one attached hydrogen (secondary N) is 1. The quantitative estimate of drug-likeness (QED) is 0.795. The molecule has 1 aromatic heterocycles. The van der Waals surface area contributed by atoms with Gasteiger partial charge in [0.1, 0.15) is 0 Å². The Kier molecular flexibility index (Phi) is 4.51. The normalized spacial score (nSPS) is 23.9. The van der Waals surface area contributed by atoms with Crippen molar-refractivity contribution in [3.8, 4) is 11.3 Å². The Labute approximate surface area is 161 Å². The lowest BCUT2D eigenvalue weighted by atomic mass is 9.74. The fraction of sp³-hybridized carbons (Fsp3) is 0.450.